The monoisotopic (exact) mass is 283 g/mol. The first-order valence-corrected chi connectivity index (χ1v) is 4.84. The Bertz CT molecular complexity index is 410. The number of hydrogen-bond acceptors (Lipinski definition) is 3. The van der Waals surface area contributed by atoms with Gasteiger partial charge in [-0.15, -0.1) is 12.4 Å². The summed E-state index contributed by atoms with van der Waals surface area (Å²) in [4.78, 5) is 11.2. The van der Waals surface area contributed by atoms with Crippen LogP contribution in [-0.4, -0.2) is 19.3 Å². The van der Waals surface area contributed by atoms with Crippen LogP contribution in [0, 0.1) is 0 Å². The Kier molecular flexibility index (Phi) is 6.14. The molecular formula is C11H13ClF3NO2. The highest BCUT2D eigenvalue weighted by atomic mass is 35.5. The van der Waals surface area contributed by atoms with Crippen molar-refractivity contribution in [2.45, 2.75) is 18.6 Å². The van der Waals surface area contributed by atoms with Gasteiger partial charge in [0.1, 0.15) is 0 Å². The van der Waals surface area contributed by atoms with Crippen LogP contribution in [0.2, 0.25) is 0 Å². The molecule has 102 valence electrons. The van der Waals surface area contributed by atoms with Gasteiger partial charge in [0.15, 0.2) is 0 Å². The van der Waals surface area contributed by atoms with Crippen LogP contribution in [0.4, 0.5) is 13.2 Å². The molecule has 1 rings (SSSR count). The largest absolute Gasteiger partial charge is 0.465 e. The maximum Gasteiger partial charge on any atom is 0.390 e. The molecule has 0 fully saturated rings. The van der Waals surface area contributed by atoms with Gasteiger partial charge in [-0.05, 0) is 17.7 Å². The molecule has 1 atom stereocenters. The summed E-state index contributed by atoms with van der Waals surface area (Å²) < 4.78 is 40.9. The fourth-order valence-electron chi connectivity index (χ4n) is 1.38. The number of methoxy groups -OCH3 is 1. The zero-order valence-electron chi connectivity index (χ0n) is 9.53. The van der Waals surface area contributed by atoms with Crippen LogP contribution >= 0.6 is 12.4 Å². The average Bonchev–Trinajstić information content (AvgIpc) is 2.26. The van der Waals surface area contributed by atoms with E-state index in [9.17, 15) is 18.0 Å². The average molecular weight is 284 g/mol. The minimum absolute atomic E-state index is 0. The van der Waals surface area contributed by atoms with Crippen molar-refractivity contribution in [3.63, 3.8) is 0 Å². The second-order valence-corrected chi connectivity index (χ2v) is 3.54. The molecule has 0 heterocycles. The zero-order valence-corrected chi connectivity index (χ0v) is 10.3. The highest BCUT2D eigenvalue weighted by molar-refractivity contribution is 5.89. The quantitative estimate of drug-likeness (QED) is 0.868. The molecule has 0 amide bonds. The number of halogens is 4. The van der Waals surface area contributed by atoms with Crippen LogP contribution in [0.1, 0.15) is 28.4 Å². The van der Waals surface area contributed by atoms with Gasteiger partial charge in [-0.2, -0.15) is 13.2 Å². The van der Waals surface area contributed by atoms with E-state index in [0.29, 0.717) is 0 Å². The standard InChI is InChI=1S/C11H12F3NO2.ClH/c1-17-10(16)8-4-2-3-7(5-8)9(15)6-11(12,13)14;/h2-5,9H,6,15H2,1H3;1H/t9-;/m1./s1. The van der Waals surface area contributed by atoms with Crippen molar-refractivity contribution in [3.8, 4) is 0 Å². The number of nitrogens with two attached hydrogens (primary N) is 1. The van der Waals surface area contributed by atoms with E-state index in [0.717, 1.165) is 0 Å². The number of alkyl halides is 3. The van der Waals surface area contributed by atoms with Crippen LogP contribution in [0.3, 0.4) is 0 Å². The maximum atomic E-state index is 12.1. The van der Waals surface area contributed by atoms with Gasteiger partial charge in [0.05, 0.1) is 19.1 Å². The Balaban J connectivity index is 0.00000289. The molecular weight excluding hydrogens is 271 g/mol. The van der Waals surface area contributed by atoms with E-state index in [2.05, 4.69) is 4.74 Å². The molecule has 7 heteroatoms. The Morgan fingerprint density at radius 1 is 1.44 bits per heavy atom. The third-order valence-corrected chi connectivity index (χ3v) is 2.19. The van der Waals surface area contributed by atoms with E-state index in [1.165, 1.54) is 31.4 Å². The highest BCUT2D eigenvalue weighted by Crippen LogP contribution is 2.28. The molecule has 0 spiro atoms. The Morgan fingerprint density at radius 3 is 2.56 bits per heavy atom. The number of rotatable bonds is 3. The van der Waals surface area contributed by atoms with Crippen molar-refractivity contribution in [2.24, 2.45) is 5.73 Å². The van der Waals surface area contributed by atoms with Crippen molar-refractivity contribution in [2.75, 3.05) is 7.11 Å². The lowest BCUT2D eigenvalue weighted by Crippen LogP contribution is -2.20. The number of carbonyl (C=O) groups excluding carboxylic acids is 1. The molecule has 0 radical (unpaired) electrons. The summed E-state index contributed by atoms with van der Waals surface area (Å²) in [5.41, 5.74) is 5.86. The van der Waals surface area contributed by atoms with Crippen molar-refractivity contribution in [1.29, 1.82) is 0 Å². The SMILES string of the molecule is COC(=O)c1cccc([C@H](N)CC(F)(F)F)c1.Cl. The Labute approximate surface area is 109 Å². The summed E-state index contributed by atoms with van der Waals surface area (Å²) in [6.45, 7) is 0. The molecule has 0 unspecified atom stereocenters. The first kappa shape index (κ1) is 16.7. The molecule has 0 bridgehead atoms. The lowest BCUT2D eigenvalue weighted by atomic mass is 10.0. The van der Waals surface area contributed by atoms with Crippen LogP contribution in [0.25, 0.3) is 0 Å². The van der Waals surface area contributed by atoms with Gasteiger partial charge >= 0.3 is 12.1 Å². The lowest BCUT2D eigenvalue weighted by molar-refractivity contribution is -0.138. The summed E-state index contributed by atoms with van der Waals surface area (Å²) in [6.07, 6.45) is -5.46. The van der Waals surface area contributed by atoms with Crippen LogP contribution in [0.15, 0.2) is 24.3 Å². The predicted molar refractivity (Wildman–Crippen MR) is 62.6 cm³/mol. The molecule has 1 aromatic rings. The second kappa shape index (κ2) is 6.61. The van der Waals surface area contributed by atoms with Gasteiger partial charge in [0.25, 0.3) is 0 Å². The topological polar surface area (TPSA) is 52.3 Å². The molecule has 1 aromatic carbocycles. The van der Waals surface area contributed by atoms with Crippen molar-refractivity contribution in [1.82, 2.24) is 0 Å². The van der Waals surface area contributed by atoms with Gasteiger partial charge in [-0.1, -0.05) is 12.1 Å². The van der Waals surface area contributed by atoms with Crippen molar-refractivity contribution >= 4 is 18.4 Å². The molecule has 0 aliphatic rings. The van der Waals surface area contributed by atoms with Crippen molar-refractivity contribution < 1.29 is 22.7 Å². The molecule has 3 nitrogen and oxygen atoms in total. The molecule has 0 aliphatic carbocycles. The zero-order chi connectivity index (χ0) is 13.1. The molecule has 2 N–H and O–H groups in total. The minimum atomic E-state index is -4.33. The van der Waals surface area contributed by atoms with E-state index in [1.807, 2.05) is 0 Å². The Morgan fingerprint density at radius 2 is 2.06 bits per heavy atom. The number of ether oxygens (including phenoxy) is 1. The Hall–Kier alpha value is -1.27. The van der Waals surface area contributed by atoms with Gasteiger partial charge in [0.2, 0.25) is 0 Å². The van der Waals surface area contributed by atoms with E-state index in [-0.39, 0.29) is 23.5 Å². The summed E-state index contributed by atoms with van der Waals surface area (Å²) in [5.74, 6) is -0.606. The van der Waals surface area contributed by atoms with Crippen LogP contribution in [-0.2, 0) is 4.74 Å². The second-order valence-electron chi connectivity index (χ2n) is 3.54. The number of carbonyl (C=O) groups is 1. The van der Waals surface area contributed by atoms with E-state index >= 15 is 0 Å². The first-order chi connectivity index (χ1) is 7.83. The number of hydrogen-bond donors (Lipinski definition) is 1. The molecule has 0 saturated heterocycles. The minimum Gasteiger partial charge on any atom is -0.465 e. The summed E-state index contributed by atoms with van der Waals surface area (Å²) in [7, 11) is 1.20. The number of benzene rings is 1. The smallest absolute Gasteiger partial charge is 0.390 e. The van der Waals surface area contributed by atoms with E-state index in [4.69, 9.17) is 5.73 Å². The fourth-order valence-corrected chi connectivity index (χ4v) is 1.38. The summed E-state index contributed by atoms with van der Waals surface area (Å²) in [6, 6.07) is 4.50. The third-order valence-electron chi connectivity index (χ3n) is 2.19. The van der Waals surface area contributed by atoms with Gasteiger partial charge < -0.3 is 10.5 Å². The maximum absolute atomic E-state index is 12.1. The summed E-state index contributed by atoms with van der Waals surface area (Å²) in [5, 5.41) is 0. The molecule has 18 heavy (non-hydrogen) atoms. The van der Waals surface area contributed by atoms with Crippen LogP contribution < -0.4 is 5.73 Å². The fraction of sp³-hybridized carbons (Fsp3) is 0.364. The van der Waals surface area contributed by atoms with E-state index < -0.39 is 24.6 Å². The highest BCUT2D eigenvalue weighted by Gasteiger charge is 2.31. The van der Waals surface area contributed by atoms with E-state index in [1.54, 1.807) is 0 Å². The van der Waals surface area contributed by atoms with Crippen molar-refractivity contribution in [3.05, 3.63) is 35.4 Å². The summed E-state index contributed by atoms with van der Waals surface area (Å²) >= 11 is 0. The van der Waals surface area contributed by atoms with Gasteiger partial charge in [0, 0.05) is 6.04 Å². The third kappa shape index (κ3) is 4.93. The van der Waals surface area contributed by atoms with Gasteiger partial charge in [-0.3, -0.25) is 0 Å². The van der Waals surface area contributed by atoms with Crippen LogP contribution in [0.5, 0.6) is 0 Å². The molecule has 0 saturated carbocycles. The molecule has 0 aromatic heterocycles. The lowest BCUT2D eigenvalue weighted by Gasteiger charge is -2.14. The normalized spacial score (nSPS) is 12.5. The predicted octanol–water partition coefficient (Wildman–Crippen LogP) is 2.85. The first-order valence-electron chi connectivity index (χ1n) is 4.84. The van der Waals surface area contributed by atoms with Gasteiger partial charge in [-0.25, -0.2) is 4.79 Å². The molecule has 0 aliphatic heterocycles. The number of esters is 1.